The molecule has 2 aromatic rings. The number of rotatable bonds is 7. The number of nitrogens with two attached hydrogens (primary N) is 1. The molecule has 1 aliphatic rings. The summed E-state index contributed by atoms with van der Waals surface area (Å²) in [5.41, 5.74) is 6.97. The van der Waals surface area contributed by atoms with Crippen LogP contribution in [0.25, 0.3) is 6.08 Å². The largest absolute Gasteiger partial charge is 0.493 e. The average molecular weight is 445 g/mol. The number of carbonyl (C=O) groups excluding carboxylic acids is 2. The van der Waals surface area contributed by atoms with E-state index in [4.69, 9.17) is 15.2 Å². The van der Waals surface area contributed by atoms with E-state index in [0.717, 1.165) is 0 Å². The fraction of sp³-hybridized carbons (Fsp3) is 0.238. The Morgan fingerprint density at radius 3 is 2.29 bits per heavy atom. The molecule has 1 fully saturated rings. The molecule has 31 heavy (non-hydrogen) atoms. The molecule has 0 bridgehead atoms. The van der Waals surface area contributed by atoms with Crippen molar-refractivity contribution in [3.05, 3.63) is 53.6 Å². The zero-order chi connectivity index (χ0) is 22.6. The van der Waals surface area contributed by atoms with E-state index in [2.05, 4.69) is 5.32 Å². The maximum absolute atomic E-state index is 12.4. The lowest BCUT2D eigenvalue weighted by molar-refractivity contribution is -0.111. The second kappa shape index (κ2) is 9.09. The van der Waals surface area contributed by atoms with Crippen LogP contribution in [0.2, 0.25) is 0 Å². The van der Waals surface area contributed by atoms with Crippen LogP contribution in [0.1, 0.15) is 22.3 Å². The topological polar surface area (TPSA) is 128 Å². The zero-order valence-electron chi connectivity index (χ0n) is 17.1. The van der Waals surface area contributed by atoms with Crippen LogP contribution < -0.4 is 24.8 Å². The van der Waals surface area contributed by atoms with Gasteiger partial charge in [-0.1, -0.05) is 12.1 Å². The summed E-state index contributed by atoms with van der Waals surface area (Å²) in [5.74, 6) is -0.420. The van der Waals surface area contributed by atoms with Crippen LogP contribution in [0.4, 0.5) is 11.4 Å². The average Bonchev–Trinajstić information content (AvgIpc) is 3.11. The molecule has 0 saturated carbocycles. The number of ether oxygens (including phenoxy) is 2. The molecule has 10 heteroatoms. The zero-order valence-corrected chi connectivity index (χ0v) is 17.9. The molecule has 2 aromatic carbocycles. The summed E-state index contributed by atoms with van der Waals surface area (Å²) in [4.78, 5) is 24.1. The van der Waals surface area contributed by atoms with E-state index in [1.165, 1.54) is 36.7 Å². The number of hydrogen-bond acceptors (Lipinski definition) is 6. The molecular weight excluding hydrogens is 422 g/mol. The van der Waals surface area contributed by atoms with Crippen molar-refractivity contribution >= 4 is 39.3 Å². The van der Waals surface area contributed by atoms with Crippen LogP contribution in [-0.2, 0) is 14.8 Å². The number of sulfonamides is 1. The smallest absolute Gasteiger partial charge is 0.250 e. The van der Waals surface area contributed by atoms with Crippen LogP contribution >= 0.6 is 0 Å². The minimum Gasteiger partial charge on any atom is -0.493 e. The summed E-state index contributed by atoms with van der Waals surface area (Å²) in [5, 5.41) is 2.61. The fourth-order valence-corrected chi connectivity index (χ4v) is 4.78. The Morgan fingerprint density at radius 1 is 1.10 bits per heavy atom. The van der Waals surface area contributed by atoms with E-state index < -0.39 is 21.8 Å². The molecule has 3 N–H and O–H groups in total. The summed E-state index contributed by atoms with van der Waals surface area (Å²) >= 11 is 0. The molecule has 2 amide bonds. The molecular formula is C21H23N3O6S. The highest BCUT2D eigenvalue weighted by Gasteiger charge is 2.28. The molecule has 164 valence electrons. The van der Waals surface area contributed by atoms with Crippen LogP contribution in [0.3, 0.4) is 0 Å². The highest BCUT2D eigenvalue weighted by molar-refractivity contribution is 7.93. The summed E-state index contributed by atoms with van der Waals surface area (Å²) in [6.07, 6.45) is 3.47. The highest BCUT2D eigenvalue weighted by Crippen LogP contribution is 2.33. The third-order valence-electron chi connectivity index (χ3n) is 4.75. The first kappa shape index (κ1) is 22.2. The van der Waals surface area contributed by atoms with Gasteiger partial charge in [0.2, 0.25) is 15.9 Å². The number of nitrogens with one attached hydrogen (secondary N) is 1. The molecule has 1 heterocycles. The van der Waals surface area contributed by atoms with Gasteiger partial charge in [0.15, 0.2) is 11.5 Å². The maximum Gasteiger partial charge on any atom is 0.250 e. The number of primary amides is 1. The number of carbonyl (C=O) groups is 2. The molecule has 1 saturated heterocycles. The minimum atomic E-state index is -3.24. The molecule has 0 atom stereocenters. The molecule has 0 spiro atoms. The van der Waals surface area contributed by atoms with Gasteiger partial charge in [0.05, 0.1) is 36.9 Å². The number of benzene rings is 2. The second-order valence-corrected chi connectivity index (χ2v) is 8.79. The molecule has 9 nitrogen and oxygen atoms in total. The van der Waals surface area contributed by atoms with Gasteiger partial charge in [0.1, 0.15) is 0 Å². The lowest BCUT2D eigenvalue weighted by atomic mass is 10.1. The van der Waals surface area contributed by atoms with Gasteiger partial charge in [-0.05, 0) is 36.3 Å². The van der Waals surface area contributed by atoms with Gasteiger partial charge in [-0.15, -0.1) is 0 Å². The van der Waals surface area contributed by atoms with E-state index in [-0.39, 0.29) is 17.0 Å². The van der Waals surface area contributed by atoms with Gasteiger partial charge in [-0.25, -0.2) is 8.42 Å². The number of amides is 2. The van der Waals surface area contributed by atoms with Gasteiger partial charge in [0.25, 0.3) is 5.91 Å². The summed E-state index contributed by atoms with van der Waals surface area (Å²) < 4.78 is 35.7. The van der Waals surface area contributed by atoms with Gasteiger partial charge < -0.3 is 20.5 Å². The lowest BCUT2D eigenvalue weighted by Gasteiger charge is -2.16. The lowest BCUT2D eigenvalue weighted by Crippen LogP contribution is -2.24. The van der Waals surface area contributed by atoms with E-state index in [1.807, 2.05) is 0 Å². The van der Waals surface area contributed by atoms with Crippen molar-refractivity contribution in [3.63, 3.8) is 0 Å². The Labute approximate surface area is 180 Å². The van der Waals surface area contributed by atoms with Crippen molar-refractivity contribution in [3.8, 4) is 11.5 Å². The van der Waals surface area contributed by atoms with Crippen LogP contribution in [0.15, 0.2) is 42.5 Å². The van der Waals surface area contributed by atoms with Gasteiger partial charge >= 0.3 is 0 Å². The van der Waals surface area contributed by atoms with E-state index in [9.17, 15) is 18.0 Å². The third kappa shape index (κ3) is 4.97. The highest BCUT2D eigenvalue weighted by atomic mass is 32.2. The summed E-state index contributed by atoms with van der Waals surface area (Å²) in [6, 6.07) is 9.68. The number of methoxy groups -OCH3 is 2. The van der Waals surface area contributed by atoms with Gasteiger partial charge in [-0.2, -0.15) is 0 Å². The van der Waals surface area contributed by atoms with Crippen molar-refractivity contribution in [1.29, 1.82) is 0 Å². The molecule has 0 unspecified atom stereocenters. The summed E-state index contributed by atoms with van der Waals surface area (Å²) in [7, 11) is -0.382. The SMILES string of the molecule is COc1cc(NC(=O)/C=C/c2ccc(N3CCCS3(=O)=O)cc2)c(C(N)=O)cc1OC. The number of hydrogen-bond donors (Lipinski definition) is 2. The maximum atomic E-state index is 12.4. The quantitative estimate of drug-likeness (QED) is 0.628. The van der Waals surface area contributed by atoms with Crippen molar-refractivity contribution < 1.29 is 27.5 Å². The Kier molecular flexibility index (Phi) is 6.50. The van der Waals surface area contributed by atoms with E-state index >= 15 is 0 Å². The van der Waals surface area contributed by atoms with Crippen molar-refractivity contribution in [2.75, 3.05) is 36.1 Å². The van der Waals surface area contributed by atoms with Crippen molar-refractivity contribution in [2.24, 2.45) is 5.73 Å². The van der Waals surface area contributed by atoms with Crippen molar-refractivity contribution in [2.45, 2.75) is 6.42 Å². The van der Waals surface area contributed by atoms with E-state index in [0.29, 0.717) is 35.7 Å². The molecule has 3 rings (SSSR count). The van der Waals surface area contributed by atoms with Crippen molar-refractivity contribution in [1.82, 2.24) is 0 Å². The monoisotopic (exact) mass is 445 g/mol. The minimum absolute atomic E-state index is 0.0792. The summed E-state index contributed by atoms with van der Waals surface area (Å²) in [6.45, 7) is 0.466. The van der Waals surface area contributed by atoms with Crippen LogP contribution in [0, 0.1) is 0 Å². The first-order valence-electron chi connectivity index (χ1n) is 9.40. The molecule has 0 aromatic heterocycles. The second-order valence-electron chi connectivity index (χ2n) is 6.77. The Bertz CT molecular complexity index is 1130. The predicted molar refractivity (Wildman–Crippen MR) is 118 cm³/mol. The van der Waals surface area contributed by atoms with Crippen LogP contribution in [-0.4, -0.2) is 46.7 Å². The first-order valence-corrected chi connectivity index (χ1v) is 11.0. The van der Waals surface area contributed by atoms with E-state index in [1.54, 1.807) is 30.3 Å². The van der Waals surface area contributed by atoms with Gasteiger partial charge in [0, 0.05) is 18.7 Å². The molecule has 0 radical (unpaired) electrons. The van der Waals surface area contributed by atoms with Gasteiger partial charge in [-0.3, -0.25) is 13.9 Å². The van der Waals surface area contributed by atoms with Crippen LogP contribution in [0.5, 0.6) is 11.5 Å². The molecule has 1 aliphatic heterocycles. The molecule has 0 aliphatic carbocycles. The Morgan fingerprint density at radius 2 is 1.74 bits per heavy atom. The number of nitrogens with zero attached hydrogens (tertiary/aromatic N) is 1. The Balaban J connectivity index is 1.74. The third-order valence-corrected chi connectivity index (χ3v) is 6.62. The normalized spacial score (nSPS) is 15.1. The first-order chi connectivity index (χ1) is 14.7. The number of anilines is 2. The predicted octanol–water partition coefficient (Wildman–Crippen LogP) is 1.99. The fourth-order valence-electron chi connectivity index (χ4n) is 3.21. The standard InChI is InChI=1S/C21H23N3O6S/c1-29-18-12-16(21(22)26)17(13-19(18)30-2)23-20(25)9-6-14-4-7-15(8-5-14)24-10-3-11-31(24,27)28/h4-9,12-13H,3,10-11H2,1-2H3,(H2,22,26)(H,23,25)/b9-6+. The Hall–Kier alpha value is -3.53.